The van der Waals surface area contributed by atoms with Gasteiger partial charge in [0.1, 0.15) is 5.60 Å². The predicted molar refractivity (Wildman–Crippen MR) is 123 cm³/mol. The molecule has 1 atom stereocenters. The maximum Gasteiger partial charge on any atom is 0.410 e. The number of likely N-dealkylation sites (tertiary alicyclic amines) is 1. The lowest BCUT2D eigenvalue weighted by molar-refractivity contribution is -0.688. The number of rotatable bonds is 8. The van der Waals surface area contributed by atoms with E-state index in [4.69, 9.17) is 9.47 Å². The Bertz CT molecular complexity index is 825. The summed E-state index contributed by atoms with van der Waals surface area (Å²) in [6.07, 6.45) is 6.44. The molecular weight excluding hydrogens is 404 g/mol. The van der Waals surface area contributed by atoms with Crippen molar-refractivity contribution in [3.8, 4) is 0 Å². The minimum atomic E-state index is -0.470. The third-order valence-corrected chi connectivity index (χ3v) is 5.73. The van der Waals surface area contributed by atoms with Crippen LogP contribution in [0, 0.1) is 0 Å². The van der Waals surface area contributed by atoms with Crippen molar-refractivity contribution in [2.45, 2.75) is 64.2 Å². The number of hydrogen-bond donors (Lipinski definition) is 1. The number of aromatic nitrogens is 1. The van der Waals surface area contributed by atoms with E-state index in [-0.39, 0.29) is 24.7 Å². The molecule has 174 valence electrons. The Labute approximate surface area is 191 Å². The Morgan fingerprint density at radius 3 is 2.38 bits per heavy atom. The maximum absolute atomic E-state index is 12.2. The first-order chi connectivity index (χ1) is 15.3. The fourth-order valence-electron chi connectivity index (χ4n) is 3.91. The highest BCUT2D eigenvalue weighted by atomic mass is 16.6. The minimum absolute atomic E-state index is 0.0585. The number of pyridine rings is 1. The van der Waals surface area contributed by atoms with E-state index in [1.165, 1.54) is 5.56 Å². The number of carbonyl (C=O) groups excluding carboxylic acids is 1. The largest absolute Gasteiger partial charge is 0.444 e. The average Bonchev–Trinajstić information content (AvgIpc) is 2.77. The van der Waals surface area contributed by atoms with Gasteiger partial charge in [-0.25, -0.2) is 9.36 Å². The van der Waals surface area contributed by atoms with Crippen molar-refractivity contribution in [2.24, 2.45) is 0 Å². The van der Waals surface area contributed by atoms with Crippen molar-refractivity contribution in [3.63, 3.8) is 0 Å². The van der Waals surface area contributed by atoms with Gasteiger partial charge in [-0.1, -0.05) is 30.3 Å². The molecule has 0 spiro atoms. The molecule has 6 nitrogen and oxygen atoms in total. The summed E-state index contributed by atoms with van der Waals surface area (Å²) < 4.78 is 13.7. The van der Waals surface area contributed by atoms with E-state index in [2.05, 4.69) is 41.2 Å². The van der Waals surface area contributed by atoms with Crippen LogP contribution in [0.5, 0.6) is 0 Å². The van der Waals surface area contributed by atoms with Gasteiger partial charge in [-0.15, -0.1) is 0 Å². The van der Waals surface area contributed by atoms with E-state index >= 15 is 0 Å². The number of aliphatic hydroxyl groups excluding tert-OH is 1. The molecule has 1 aromatic heterocycles. The molecule has 0 bridgehead atoms. The molecule has 0 saturated carbocycles. The van der Waals surface area contributed by atoms with Crippen LogP contribution < -0.4 is 4.57 Å². The molecule has 0 radical (unpaired) electrons. The molecule has 1 N–H and O–H groups in total. The summed E-state index contributed by atoms with van der Waals surface area (Å²) in [6.45, 7) is 8.49. The van der Waals surface area contributed by atoms with Crippen molar-refractivity contribution < 1.29 is 23.9 Å². The lowest BCUT2D eigenvalue weighted by atomic mass is 9.98. The molecule has 1 amide bonds. The Morgan fingerprint density at radius 1 is 1.12 bits per heavy atom. The lowest BCUT2D eigenvalue weighted by Gasteiger charge is -2.33. The average molecular weight is 442 g/mol. The normalized spacial score (nSPS) is 16.1. The molecule has 1 aromatic carbocycles. The van der Waals surface area contributed by atoms with Crippen molar-refractivity contribution in [3.05, 3.63) is 66.0 Å². The van der Waals surface area contributed by atoms with Crippen LogP contribution in [-0.2, 0) is 16.0 Å². The number of benzene rings is 1. The second-order valence-electron chi connectivity index (χ2n) is 9.50. The van der Waals surface area contributed by atoms with E-state index in [1.54, 1.807) is 4.90 Å². The summed E-state index contributed by atoms with van der Waals surface area (Å²) in [4.78, 5) is 13.9. The molecule has 32 heavy (non-hydrogen) atoms. The predicted octanol–water partition coefficient (Wildman–Crippen LogP) is 3.90. The highest BCUT2D eigenvalue weighted by Crippen LogP contribution is 2.21. The molecule has 1 fully saturated rings. The first kappa shape index (κ1) is 24.2. The number of hydrogen-bond acceptors (Lipinski definition) is 4. The summed E-state index contributed by atoms with van der Waals surface area (Å²) in [5, 5.41) is 9.89. The van der Waals surface area contributed by atoms with Gasteiger partial charge in [-0.3, -0.25) is 0 Å². The zero-order valence-corrected chi connectivity index (χ0v) is 19.6. The Balaban J connectivity index is 1.41. The minimum Gasteiger partial charge on any atom is -0.444 e. The smallest absolute Gasteiger partial charge is 0.410 e. The summed E-state index contributed by atoms with van der Waals surface area (Å²) >= 11 is 0. The van der Waals surface area contributed by atoms with E-state index < -0.39 is 5.60 Å². The summed E-state index contributed by atoms with van der Waals surface area (Å²) in [5.41, 5.74) is 1.91. The second kappa shape index (κ2) is 11.4. The van der Waals surface area contributed by atoms with Gasteiger partial charge in [-0.05, 0) is 45.6 Å². The lowest BCUT2D eigenvalue weighted by Crippen LogP contribution is -2.43. The SMILES string of the molecule is CC(C)(C)OC(=O)N1CCC(OCCC(CO)c2cc[n+](Cc3ccccc3)cc2)CC1. The molecule has 1 saturated heterocycles. The van der Waals surface area contributed by atoms with Crippen LogP contribution in [0.2, 0.25) is 0 Å². The highest BCUT2D eigenvalue weighted by Gasteiger charge is 2.27. The van der Waals surface area contributed by atoms with Crippen LogP contribution in [0.4, 0.5) is 4.79 Å². The number of aliphatic hydroxyl groups is 1. The standard InChI is InChI=1S/C26H37N2O4/c1-26(2,3)32-25(30)28-16-11-24(12-17-28)31-18-13-23(20-29)22-9-14-27(15-10-22)19-21-7-5-4-6-8-21/h4-10,14-15,23-24,29H,11-13,16-20H2,1-3H3/q+1. The number of carbonyl (C=O) groups is 1. The van der Waals surface area contributed by atoms with Crippen molar-refractivity contribution in [1.29, 1.82) is 0 Å². The molecule has 1 aliphatic heterocycles. The molecule has 6 heteroatoms. The van der Waals surface area contributed by atoms with Gasteiger partial charge in [-0.2, -0.15) is 0 Å². The van der Waals surface area contributed by atoms with Crippen molar-refractivity contribution in [1.82, 2.24) is 4.90 Å². The van der Waals surface area contributed by atoms with Gasteiger partial charge in [0, 0.05) is 43.3 Å². The fourth-order valence-corrected chi connectivity index (χ4v) is 3.91. The van der Waals surface area contributed by atoms with Crippen molar-refractivity contribution >= 4 is 6.09 Å². The number of nitrogens with zero attached hydrogens (tertiary/aromatic N) is 2. The van der Waals surface area contributed by atoms with Crippen LogP contribution in [0.25, 0.3) is 0 Å². The first-order valence-corrected chi connectivity index (χ1v) is 11.6. The Hall–Kier alpha value is -2.44. The topological polar surface area (TPSA) is 62.9 Å². The van der Waals surface area contributed by atoms with E-state index in [1.807, 2.05) is 39.0 Å². The van der Waals surface area contributed by atoms with Gasteiger partial charge in [0.15, 0.2) is 18.9 Å². The Kier molecular flexibility index (Phi) is 8.65. The third-order valence-electron chi connectivity index (χ3n) is 5.73. The van der Waals surface area contributed by atoms with E-state index in [9.17, 15) is 9.90 Å². The van der Waals surface area contributed by atoms with Gasteiger partial charge in [0.25, 0.3) is 0 Å². The van der Waals surface area contributed by atoms with Gasteiger partial charge < -0.3 is 19.5 Å². The maximum atomic E-state index is 12.2. The van der Waals surface area contributed by atoms with Crippen LogP contribution in [0.3, 0.4) is 0 Å². The van der Waals surface area contributed by atoms with Crippen molar-refractivity contribution in [2.75, 3.05) is 26.3 Å². The second-order valence-corrected chi connectivity index (χ2v) is 9.50. The van der Waals surface area contributed by atoms with Gasteiger partial charge >= 0.3 is 6.09 Å². The van der Waals surface area contributed by atoms with Crippen LogP contribution in [0.15, 0.2) is 54.9 Å². The van der Waals surface area contributed by atoms with E-state index in [0.29, 0.717) is 19.7 Å². The number of amides is 1. The van der Waals surface area contributed by atoms with Crippen LogP contribution in [-0.4, -0.2) is 54.1 Å². The molecule has 2 heterocycles. The van der Waals surface area contributed by atoms with Gasteiger partial charge in [0.05, 0.1) is 12.7 Å². The molecule has 1 aliphatic rings. The number of ether oxygens (including phenoxy) is 2. The summed E-state index contributed by atoms with van der Waals surface area (Å²) in [7, 11) is 0. The zero-order chi connectivity index (χ0) is 23.0. The highest BCUT2D eigenvalue weighted by molar-refractivity contribution is 5.68. The molecule has 0 aliphatic carbocycles. The molecule has 3 rings (SSSR count). The fraction of sp³-hybridized carbons (Fsp3) is 0.538. The third kappa shape index (κ3) is 7.61. The Morgan fingerprint density at radius 2 is 1.78 bits per heavy atom. The first-order valence-electron chi connectivity index (χ1n) is 11.6. The molecule has 1 unspecified atom stereocenters. The van der Waals surface area contributed by atoms with Crippen LogP contribution >= 0.6 is 0 Å². The molecule has 2 aromatic rings. The quantitative estimate of drug-likeness (QED) is 0.631. The summed E-state index contributed by atoms with van der Waals surface area (Å²) in [6, 6.07) is 14.5. The van der Waals surface area contributed by atoms with Gasteiger partial charge in [0.2, 0.25) is 0 Å². The number of piperidine rings is 1. The zero-order valence-electron chi connectivity index (χ0n) is 19.6. The summed E-state index contributed by atoms with van der Waals surface area (Å²) in [5.74, 6) is 0.0585. The van der Waals surface area contributed by atoms with Crippen LogP contribution in [0.1, 0.15) is 57.1 Å². The molecular formula is C26H37N2O4+. The van der Waals surface area contributed by atoms with E-state index in [0.717, 1.165) is 31.4 Å². The monoisotopic (exact) mass is 441 g/mol.